The SMILES string of the molecule is CC(C)n1nnc(C(=O)O)c1-c1ccco1. The van der Waals surface area contributed by atoms with Crippen molar-refractivity contribution in [3.05, 3.63) is 24.1 Å². The molecule has 84 valence electrons. The summed E-state index contributed by atoms with van der Waals surface area (Å²) in [6, 6.07) is 3.39. The lowest BCUT2D eigenvalue weighted by Gasteiger charge is -2.07. The molecule has 0 fully saturated rings. The highest BCUT2D eigenvalue weighted by molar-refractivity contribution is 5.91. The van der Waals surface area contributed by atoms with Gasteiger partial charge in [0.15, 0.2) is 5.76 Å². The highest BCUT2D eigenvalue weighted by atomic mass is 16.4. The Morgan fingerprint density at radius 3 is 2.81 bits per heavy atom. The Kier molecular flexibility index (Phi) is 2.47. The average molecular weight is 221 g/mol. The number of aromatic carboxylic acids is 1. The molecule has 6 heteroatoms. The van der Waals surface area contributed by atoms with Crippen LogP contribution in [0, 0.1) is 0 Å². The van der Waals surface area contributed by atoms with Crippen molar-refractivity contribution < 1.29 is 14.3 Å². The standard InChI is InChI=1S/C10H11N3O3/c1-6(2)13-9(7-4-3-5-16-7)8(10(14)15)11-12-13/h3-6H,1-2H3,(H,14,15). The summed E-state index contributed by atoms with van der Waals surface area (Å²) in [6.07, 6.45) is 1.48. The normalized spacial score (nSPS) is 10.9. The van der Waals surface area contributed by atoms with Crippen LogP contribution >= 0.6 is 0 Å². The number of hydrogen-bond acceptors (Lipinski definition) is 4. The van der Waals surface area contributed by atoms with Crippen molar-refractivity contribution in [3.63, 3.8) is 0 Å². The Hall–Kier alpha value is -2.11. The third-order valence-electron chi connectivity index (χ3n) is 2.14. The maximum Gasteiger partial charge on any atom is 0.358 e. The number of hydrogen-bond donors (Lipinski definition) is 1. The molecule has 0 aliphatic heterocycles. The second-order valence-electron chi connectivity index (χ2n) is 3.61. The largest absolute Gasteiger partial charge is 0.476 e. The number of carbonyl (C=O) groups is 1. The predicted molar refractivity (Wildman–Crippen MR) is 55.1 cm³/mol. The van der Waals surface area contributed by atoms with Crippen LogP contribution in [0.3, 0.4) is 0 Å². The molecule has 0 aliphatic carbocycles. The van der Waals surface area contributed by atoms with E-state index in [1.165, 1.54) is 10.9 Å². The first kappa shape index (κ1) is 10.4. The van der Waals surface area contributed by atoms with Gasteiger partial charge in [0.2, 0.25) is 5.69 Å². The zero-order chi connectivity index (χ0) is 11.7. The number of carboxylic acid groups (broad SMARTS) is 1. The minimum Gasteiger partial charge on any atom is -0.476 e. The van der Waals surface area contributed by atoms with Gasteiger partial charge >= 0.3 is 5.97 Å². The van der Waals surface area contributed by atoms with Gasteiger partial charge in [-0.15, -0.1) is 5.10 Å². The molecule has 2 heterocycles. The summed E-state index contributed by atoms with van der Waals surface area (Å²) in [5.41, 5.74) is 0.302. The molecule has 0 amide bonds. The lowest BCUT2D eigenvalue weighted by molar-refractivity contribution is 0.0691. The maximum absolute atomic E-state index is 11.0. The Morgan fingerprint density at radius 1 is 1.56 bits per heavy atom. The highest BCUT2D eigenvalue weighted by Crippen LogP contribution is 2.25. The molecule has 2 aromatic heterocycles. The van der Waals surface area contributed by atoms with E-state index in [-0.39, 0.29) is 11.7 Å². The fourth-order valence-electron chi connectivity index (χ4n) is 1.44. The summed E-state index contributed by atoms with van der Waals surface area (Å²) < 4.78 is 6.73. The van der Waals surface area contributed by atoms with E-state index in [0.717, 1.165) is 0 Å². The molecule has 0 aliphatic rings. The summed E-state index contributed by atoms with van der Waals surface area (Å²) in [7, 11) is 0. The smallest absolute Gasteiger partial charge is 0.358 e. The Labute approximate surface area is 91.5 Å². The molecule has 16 heavy (non-hydrogen) atoms. The number of nitrogens with zero attached hydrogens (tertiary/aromatic N) is 3. The molecule has 0 saturated carbocycles. The summed E-state index contributed by atoms with van der Waals surface area (Å²) in [6.45, 7) is 3.79. The number of furan rings is 1. The Bertz CT molecular complexity index is 499. The van der Waals surface area contributed by atoms with Gasteiger partial charge in [0.25, 0.3) is 0 Å². The quantitative estimate of drug-likeness (QED) is 0.854. The molecule has 0 bridgehead atoms. The summed E-state index contributed by atoms with van der Waals surface area (Å²) in [5.74, 6) is -0.658. The van der Waals surface area contributed by atoms with Gasteiger partial charge in [-0.05, 0) is 26.0 Å². The van der Waals surface area contributed by atoms with Gasteiger partial charge in [-0.2, -0.15) is 0 Å². The van der Waals surface area contributed by atoms with Gasteiger partial charge in [-0.3, -0.25) is 0 Å². The molecule has 1 N–H and O–H groups in total. The Balaban J connectivity index is 2.63. The highest BCUT2D eigenvalue weighted by Gasteiger charge is 2.23. The molecule has 0 unspecified atom stereocenters. The second-order valence-corrected chi connectivity index (χ2v) is 3.61. The molecule has 0 saturated heterocycles. The van der Waals surface area contributed by atoms with Gasteiger partial charge in [0.05, 0.1) is 6.26 Å². The van der Waals surface area contributed by atoms with Crippen LogP contribution < -0.4 is 0 Å². The van der Waals surface area contributed by atoms with Crippen molar-refractivity contribution in [1.29, 1.82) is 0 Å². The number of carboxylic acids is 1. The fraction of sp³-hybridized carbons (Fsp3) is 0.300. The monoisotopic (exact) mass is 221 g/mol. The maximum atomic E-state index is 11.0. The van der Waals surface area contributed by atoms with E-state index in [0.29, 0.717) is 11.5 Å². The minimum absolute atomic E-state index is 0.0145. The lowest BCUT2D eigenvalue weighted by atomic mass is 10.2. The van der Waals surface area contributed by atoms with Crippen molar-refractivity contribution in [2.75, 3.05) is 0 Å². The topological polar surface area (TPSA) is 81.2 Å². The molecular formula is C10H11N3O3. The van der Waals surface area contributed by atoms with E-state index in [1.807, 2.05) is 13.8 Å². The first-order valence-electron chi connectivity index (χ1n) is 4.83. The van der Waals surface area contributed by atoms with Crippen molar-refractivity contribution >= 4 is 5.97 Å². The van der Waals surface area contributed by atoms with E-state index in [2.05, 4.69) is 10.3 Å². The summed E-state index contributed by atoms with van der Waals surface area (Å²) in [5, 5.41) is 16.5. The van der Waals surface area contributed by atoms with Gasteiger partial charge in [-0.1, -0.05) is 5.21 Å². The lowest BCUT2D eigenvalue weighted by Crippen LogP contribution is -2.06. The third kappa shape index (κ3) is 1.58. The molecule has 0 radical (unpaired) electrons. The van der Waals surface area contributed by atoms with Gasteiger partial charge in [0.1, 0.15) is 5.69 Å². The molecule has 2 rings (SSSR count). The molecule has 0 spiro atoms. The second kappa shape index (κ2) is 3.80. The van der Waals surface area contributed by atoms with Crippen LogP contribution in [-0.4, -0.2) is 26.1 Å². The van der Waals surface area contributed by atoms with Crippen LogP contribution in [0.2, 0.25) is 0 Å². The first-order valence-corrected chi connectivity index (χ1v) is 4.83. The van der Waals surface area contributed by atoms with Gasteiger partial charge in [0, 0.05) is 6.04 Å². The fourth-order valence-corrected chi connectivity index (χ4v) is 1.44. The molecular weight excluding hydrogens is 210 g/mol. The van der Waals surface area contributed by atoms with Crippen LogP contribution in [0.1, 0.15) is 30.4 Å². The van der Waals surface area contributed by atoms with Crippen LogP contribution in [0.15, 0.2) is 22.8 Å². The first-order chi connectivity index (χ1) is 7.61. The van der Waals surface area contributed by atoms with E-state index < -0.39 is 5.97 Å². The summed E-state index contributed by atoms with van der Waals surface area (Å²) in [4.78, 5) is 11.0. The summed E-state index contributed by atoms with van der Waals surface area (Å²) >= 11 is 0. The molecule has 6 nitrogen and oxygen atoms in total. The van der Waals surface area contributed by atoms with E-state index in [1.54, 1.807) is 12.1 Å². The van der Waals surface area contributed by atoms with Crippen LogP contribution in [0.5, 0.6) is 0 Å². The van der Waals surface area contributed by atoms with Crippen LogP contribution in [0.4, 0.5) is 0 Å². The van der Waals surface area contributed by atoms with Crippen molar-refractivity contribution in [1.82, 2.24) is 15.0 Å². The predicted octanol–water partition coefficient (Wildman–Crippen LogP) is 1.82. The van der Waals surface area contributed by atoms with Crippen molar-refractivity contribution in [2.24, 2.45) is 0 Å². The molecule has 0 aromatic carbocycles. The zero-order valence-electron chi connectivity index (χ0n) is 8.91. The minimum atomic E-state index is -1.11. The van der Waals surface area contributed by atoms with Crippen molar-refractivity contribution in [2.45, 2.75) is 19.9 Å². The van der Waals surface area contributed by atoms with Crippen LogP contribution in [-0.2, 0) is 0 Å². The van der Waals surface area contributed by atoms with E-state index in [9.17, 15) is 4.79 Å². The van der Waals surface area contributed by atoms with Crippen LogP contribution in [0.25, 0.3) is 11.5 Å². The Morgan fingerprint density at radius 2 is 2.31 bits per heavy atom. The van der Waals surface area contributed by atoms with E-state index >= 15 is 0 Å². The average Bonchev–Trinajstić information content (AvgIpc) is 2.85. The van der Waals surface area contributed by atoms with Crippen molar-refractivity contribution in [3.8, 4) is 11.5 Å². The van der Waals surface area contributed by atoms with Gasteiger partial charge in [-0.25, -0.2) is 9.48 Å². The van der Waals surface area contributed by atoms with E-state index in [4.69, 9.17) is 9.52 Å². The molecule has 0 atom stereocenters. The van der Waals surface area contributed by atoms with Gasteiger partial charge < -0.3 is 9.52 Å². The number of rotatable bonds is 3. The zero-order valence-corrected chi connectivity index (χ0v) is 8.91. The third-order valence-corrected chi connectivity index (χ3v) is 2.14. The molecule has 2 aromatic rings. The number of aromatic nitrogens is 3.